The van der Waals surface area contributed by atoms with Gasteiger partial charge in [-0.2, -0.15) is 0 Å². The lowest BCUT2D eigenvalue weighted by Gasteiger charge is -2.41. The minimum atomic E-state index is 0.0719. The van der Waals surface area contributed by atoms with Crippen LogP contribution in [0.2, 0.25) is 0 Å². The van der Waals surface area contributed by atoms with Crippen molar-refractivity contribution in [3.05, 3.63) is 12.2 Å². The number of ether oxygens (including phenoxy) is 1. The number of nitrogens with zero attached hydrogens (tertiary/aromatic N) is 4. The summed E-state index contributed by atoms with van der Waals surface area (Å²) in [5.41, 5.74) is 0. The Labute approximate surface area is 136 Å². The topological polar surface area (TPSA) is 72.3 Å². The number of carbonyl (C=O) groups excluding carboxylic acids is 1. The molecule has 1 atom stereocenters. The molecule has 1 saturated carbocycles. The van der Waals surface area contributed by atoms with Crippen LogP contribution in [0.4, 0.5) is 4.79 Å². The minimum Gasteiger partial charge on any atom is -0.370 e. The van der Waals surface area contributed by atoms with Crippen molar-refractivity contribution in [2.45, 2.75) is 63.1 Å². The molecule has 1 aromatic heterocycles. The zero-order valence-electron chi connectivity index (χ0n) is 13.5. The van der Waals surface area contributed by atoms with E-state index < -0.39 is 0 Å². The molecule has 1 N–H and O–H groups in total. The quantitative estimate of drug-likeness (QED) is 0.925. The molecule has 0 aromatic carbocycles. The molecule has 1 aromatic rings. The lowest BCUT2D eigenvalue weighted by atomic mass is 9.95. The maximum Gasteiger partial charge on any atom is 0.317 e. The zero-order chi connectivity index (χ0) is 15.6. The van der Waals surface area contributed by atoms with Gasteiger partial charge in [-0.3, -0.25) is 0 Å². The normalized spacial score (nSPS) is 26.3. The Bertz CT molecular complexity index is 542. The molecule has 2 amide bonds. The van der Waals surface area contributed by atoms with Gasteiger partial charge in [0.1, 0.15) is 12.4 Å². The first-order chi connectivity index (χ1) is 11.3. The molecule has 7 nitrogen and oxygen atoms in total. The number of carbonyl (C=O) groups is 1. The molecule has 7 heteroatoms. The summed E-state index contributed by atoms with van der Waals surface area (Å²) >= 11 is 0. The Morgan fingerprint density at radius 3 is 2.74 bits per heavy atom. The van der Waals surface area contributed by atoms with Crippen LogP contribution < -0.4 is 5.32 Å². The van der Waals surface area contributed by atoms with Gasteiger partial charge in [0.2, 0.25) is 0 Å². The molecule has 0 radical (unpaired) electrons. The summed E-state index contributed by atoms with van der Waals surface area (Å²) in [7, 11) is 0. The van der Waals surface area contributed by atoms with Crippen LogP contribution in [0.25, 0.3) is 0 Å². The van der Waals surface area contributed by atoms with Crippen molar-refractivity contribution in [3.8, 4) is 0 Å². The van der Waals surface area contributed by atoms with E-state index in [2.05, 4.69) is 20.1 Å². The first kappa shape index (κ1) is 14.9. The van der Waals surface area contributed by atoms with E-state index in [1.807, 2.05) is 4.90 Å². The van der Waals surface area contributed by atoms with Crippen LogP contribution in [0.1, 0.15) is 62.9 Å². The van der Waals surface area contributed by atoms with Crippen molar-refractivity contribution in [2.24, 2.45) is 0 Å². The summed E-state index contributed by atoms with van der Waals surface area (Å²) in [6.07, 6.45) is 9.96. The molecule has 2 aliphatic heterocycles. The maximum absolute atomic E-state index is 12.3. The summed E-state index contributed by atoms with van der Waals surface area (Å²) in [4.78, 5) is 14.2. The van der Waals surface area contributed by atoms with Gasteiger partial charge in [0.05, 0.1) is 6.04 Å². The average Bonchev–Trinajstić information content (AvgIpc) is 3.17. The van der Waals surface area contributed by atoms with Crippen LogP contribution >= 0.6 is 0 Å². The van der Waals surface area contributed by atoms with E-state index in [9.17, 15) is 4.79 Å². The third kappa shape index (κ3) is 3.06. The van der Waals surface area contributed by atoms with E-state index in [4.69, 9.17) is 4.74 Å². The highest BCUT2D eigenvalue weighted by Gasteiger charge is 2.36. The molecule has 126 valence electrons. The third-order valence-corrected chi connectivity index (χ3v) is 5.29. The predicted molar refractivity (Wildman–Crippen MR) is 84.0 cm³/mol. The van der Waals surface area contributed by atoms with Gasteiger partial charge in [-0.1, -0.05) is 19.3 Å². The highest BCUT2D eigenvalue weighted by Crippen LogP contribution is 2.31. The first-order valence-corrected chi connectivity index (χ1v) is 8.87. The fourth-order valence-electron chi connectivity index (χ4n) is 3.85. The van der Waals surface area contributed by atoms with Crippen molar-refractivity contribution in [3.63, 3.8) is 0 Å². The highest BCUT2D eigenvalue weighted by atomic mass is 16.5. The number of aromatic nitrogens is 3. The third-order valence-electron chi connectivity index (χ3n) is 5.29. The van der Waals surface area contributed by atoms with E-state index >= 15 is 0 Å². The van der Waals surface area contributed by atoms with Gasteiger partial charge >= 0.3 is 6.03 Å². The van der Waals surface area contributed by atoms with Crippen molar-refractivity contribution >= 4 is 6.03 Å². The van der Waals surface area contributed by atoms with E-state index in [1.54, 1.807) is 6.33 Å². The Morgan fingerprint density at radius 2 is 2.00 bits per heavy atom. The standard InChI is InChI=1S/C16H25N5O2/c22-16(18-12-5-2-1-3-6-12)20-9-13(10-20)21-11-17-19-15(21)14-7-4-8-23-14/h11-14H,1-10H2,(H,18,22). The van der Waals surface area contributed by atoms with Crippen molar-refractivity contribution in [1.29, 1.82) is 0 Å². The molecule has 0 bridgehead atoms. The number of amides is 2. The number of rotatable bonds is 3. The Morgan fingerprint density at radius 1 is 1.17 bits per heavy atom. The zero-order valence-corrected chi connectivity index (χ0v) is 13.5. The molecule has 3 aliphatic rings. The monoisotopic (exact) mass is 319 g/mol. The molecule has 1 unspecified atom stereocenters. The van der Waals surface area contributed by atoms with E-state index in [0.29, 0.717) is 6.04 Å². The van der Waals surface area contributed by atoms with Gasteiger partial charge in [-0.25, -0.2) is 4.79 Å². The van der Waals surface area contributed by atoms with Gasteiger partial charge in [0.15, 0.2) is 5.82 Å². The smallest absolute Gasteiger partial charge is 0.317 e. The van der Waals surface area contributed by atoms with Crippen molar-refractivity contribution in [2.75, 3.05) is 19.7 Å². The number of likely N-dealkylation sites (tertiary alicyclic amines) is 1. The van der Waals surface area contributed by atoms with Crippen molar-refractivity contribution < 1.29 is 9.53 Å². The number of urea groups is 1. The molecule has 0 spiro atoms. The average molecular weight is 319 g/mol. The summed E-state index contributed by atoms with van der Waals surface area (Å²) in [5.74, 6) is 0.917. The lowest BCUT2D eigenvalue weighted by molar-refractivity contribution is 0.0860. The summed E-state index contributed by atoms with van der Waals surface area (Å²) in [6, 6.07) is 0.730. The van der Waals surface area contributed by atoms with Crippen LogP contribution in [0.15, 0.2) is 6.33 Å². The van der Waals surface area contributed by atoms with Crippen LogP contribution in [-0.4, -0.2) is 51.4 Å². The van der Waals surface area contributed by atoms with E-state index in [0.717, 1.165) is 51.2 Å². The molecular formula is C16H25N5O2. The molecule has 3 heterocycles. The largest absolute Gasteiger partial charge is 0.370 e. The van der Waals surface area contributed by atoms with Crippen LogP contribution in [-0.2, 0) is 4.74 Å². The first-order valence-electron chi connectivity index (χ1n) is 8.87. The number of hydrogen-bond donors (Lipinski definition) is 1. The SMILES string of the molecule is O=C(NC1CCCCC1)N1CC(n2cnnc2C2CCCO2)C1. The van der Waals surface area contributed by atoms with E-state index in [1.165, 1.54) is 19.3 Å². The van der Waals surface area contributed by atoms with E-state index in [-0.39, 0.29) is 18.2 Å². The van der Waals surface area contributed by atoms with Crippen LogP contribution in [0.5, 0.6) is 0 Å². The van der Waals surface area contributed by atoms with Gasteiger partial charge in [-0.15, -0.1) is 10.2 Å². The minimum absolute atomic E-state index is 0.0719. The molecule has 3 fully saturated rings. The highest BCUT2D eigenvalue weighted by molar-refractivity contribution is 5.75. The second kappa shape index (κ2) is 6.47. The van der Waals surface area contributed by atoms with Gasteiger partial charge in [0.25, 0.3) is 0 Å². The van der Waals surface area contributed by atoms with Crippen LogP contribution in [0, 0.1) is 0 Å². The van der Waals surface area contributed by atoms with Gasteiger partial charge in [-0.05, 0) is 25.7 Å². The maximum atomic E-state index is 12.3. The summed E-state index contributed by atoms with van der Waals surface area (Å²) < 4.78 is 7.81. The summed E-state index contributed by atoms with van der Waals surface area (Å²) in [6.45, 7) is 2.27. The number of hydrogen-bond acceptors (Lipinski definition) is 4. The molecule has 1 aliphatic carbocycles. The lowest BCUT2D eigenvalue weighted by Crippen LogP contribution is -2.56. The molecule has 2 saturated heterocycles. The molecule has 4 rings (SSSR count). The fourth-order valence-corrected chi connectivity index (χ4v) is 3.85. The predicted octanol–water partition coefficient (Wildman–Crippen LogP) is 2.03. The number of nitrogens with one attached hydrogen (secondary N) is 1. The Balaban J connectivity index is 1.31. The van der Waals surface area contributed by atoms with Crippen molar-refractivity contribution in [1.82, 2.24) is 25.0 Å². The van der Waals surface area contributed by atoms with Gasteiger partial charge < -0.3 is 19.5 Å². The Kier molecular flexibility index (Phi) is 4.20. The molecule has 23 heavy (non-hydrogen) atoms. The second-order valence-corrected chi connectivity index (χ2v) is 6.94. The Hall–Kier alpha value is -1.63. The molecular weight excluding hydrogens is 294 g/mol. The summed E-state index contributed by atoms with van der Waals surface area (Å²) in [5, 5.41) is 11.5. The second-order valence-electron chi connectivity index (χ2n) is 6.94. The van der Waals surface area contributed by atoms with Crippen LogP contribution in [0.3, 0.4) is 0 Å². The van der Waals surface area contributed by atoms with Gasteiger partial charge in [0, 0.05) is 25.7 Å². The fraction of sp³-hybridized carbons (Fsp3) is 0.812.